The molecule has 0 spiro atoms. The Kier molecular flexibility index (Phi) is 4.96. The van der Waals surface area contributed by atoms with Gasteiger partial charge in [0, 0.05) is 41.9 Å². The Bertz CT molecular complexity index is 545. The highest BCUT2D eigenvalue weighted by Gasteiger charge is 2.02. The van der Waals surface area contributed by atoms with Gasteiger partial charge in [0.2, 0.25) is 0 Å². The predicted octanol–water partition coefficient (Wildman–Crippen LogP) is 2.27. The number of halogens is 1. The highest BCUT2D eigenvalue weighted by Crippen LogP contribution is 2.23. The lowest BCUT2D eigenvalue weighted by molar-refractivity contribution is 0.192. The number of hydrogen-bond acceptors (Lipinski definition) is 4. The van der Waals surface area contributed by atoms with Crippen molar-refractivity contribution >= 4 is 28.2 Å². The zero-order valence-electron chi connectivity index (χ0n) is 10.9. The van der Waals surface area contributed by atoms with Crippen molar-refractivity contribution in [2.45, 2.75) is 13.0 Å². The Morgan fingerprint density at radius 2 is 2.16 bits per heavy atom. The van der Waals surface area contributed by atoms with Gasteiger partial charge < -0.3 is 15.7 Å². The third-order valence-corrected chi connectivity index (χ3v) is 3.00. The van der Waals surface area contributed by atoms with Crippen LogP contribution >= 0.6 is 11.6 Å². The summed E-state index contributed by atoms with van der Waals surface area (Å²) in [5, 5.41) is 17.4. The van der Waals surface area contributed by atoms with Crippen LogP contribution in [0.2, 0.25) is 5.02 Å². The van der Waals surface area contributed by atoms with Crippen LogP contribution in [0, 0.1) is 0 Å². The molecule has 19 heavy (non-hydrogen) atoms. The largest absolute Gasteiger partial charge is 0.392 e. The first-order valence-corrected chi connectivity index (χ1v) is 6.71. The lowest BCUT2D eigenvalue weighted by Gasteiger charge is -2.11. The fourth-order valence-electron chi connectivity index (χ4n) is 1.87. The van der Waals surface area contributed by atoms with Gasteiger partial charge in [0.15, 0.2) is 0 Å². The van der Waals surface area contributed by atoms with E-state index in [-0.39, 0.29) is 6.10 Å². The molecule has 0 saturated heterocycles. The molecule has 2 rings (SSSR count). The normalized spacial score (nSPS) is 12.6. The molecule has 0 saturated carbocycles. The number of aromatic nitrogens is 1. The van der Waals surface area contributed by atoms with E-state index in [0.717, 1.165) is 29.7 Å². The second kappa shape index (κ2) is 6.70. The molecule has 4 nitrogen and oxygen atoms in total. The number of hydrogen-bond donors (Lipinski definition) is 3. The molecule has 2 aromatic rings. The number of pyridine rings is 1. The van der Waals surface area contributed by atoms with Gasteiger partial charge in [-0.2, -0.15) is 0 Å². The van der Waals surface area contributed by atoms with E-state index in [0.29, 0.717) is 11.6 Å². The molecular formula is C14H18ClN3O. The van der Waals surface area contributed by atoms with Crippen LogP contribution in [0.15, 0.2) is 30.5 Å². The van der Waals surface area contributed by atoms with Gasteiger partial charge in [-0.1, -0.05) is 11.6 Å². The standard InChI is InChI=1S/C14H18ClN3O/c1-10(19)9-16-6-7-18-13-4-5-17-14-8-11(15)2-3-12(13)14/h2-5,8,10,16,19H,6-7,9H2,1H3,(H,17,18). The van der Waals surface area contributed by atoms with E-state index >= 15 is 0 Å². The van der Waals surface area contributed by atoms with Gasteiger partial charge in [-0.25, -0.2) is 0 Å². The average molecular weight is 280 g/mol. The van der Waals surface area contributed by atoms with E-state index in [1.165, 1.54) is 0 Å². The summed E-state index contributed by atoms with van der Waals surface area (Å²) >= 11 is 5.95. The lowest BCUT2D eigenvalue weighted by atomic mass is 10.2. The summed E-state index contributed by atoms with van der Waals surface area (Å²) in [6.45, 7) is 3.95. The first-order valence-electron chi connectivity index (χ1n) is 6.34. The number of nitrogens with zero attached hydrogens (tertiary/aromatic N) is 1. The van der Waals surface area contributed by atoms with Crippen LogP contribution < -0.4 is 10.6 Å². The number of nitrogens with one attached hydrogen (secondary N) is 2. The summed E-state index contributed by atoms with van der Waals surface area (Å²) in [7, 11) is 0. The van der Waals surface area contributed by atoms with Gasteiger partial charge in [0.05, 0.1) is 11.6 Å². The quantitative estimate of drug-likeness (QED) is 0.710. The molecule has 0 aliphatic heterocycles. The SMILES string of the molecule is CC(O)CNCCNc1ccnc2cc(Cl)ccc12. The molecule has 3 N–H and O–H groups in total. The van der Waals surface area contributed by atoms with Crippen molar-refractivity contribution in [3.05, 3.63) is 35.5 Å². The van der Waals surface area contributed by atoms with Crippen LogP contribution in [0.5, 0.6) is 0 Å². The summed E-state index contributed by atoms with van der Waals surface area (Å²) < 4.78 is 0. The van der Waals surface area contributed by atoms with Crippen molar-refractivity contribution in [3.63, 3.8) is 0 Å². The Balaban J connectivity index is 1.97. The number of rotatable bonds is 6. The van der Waals surface area contributed by atoms with Crippen LogP contribution in [0.25, 0.3) is 10.9 Å². The fourth-order valence-corrected chi connectivity index (χ4v) is 2.04. The van der Waals surface area contributed by atoms with Crippen LogP contribution in [0.3, 0.4) is 0 Å². The Morgan fingerprint density at radius 3 is 2.95 bits per heavy atom. The van der Waals surface area contributed by atoms with Gasteiger partial charge in [-0.15, -0.1) is 0 Å². The monoisotopic (exact) mass is 279 g/mol. The van der Waals surface area contributed by atoms with Crippen molar-refractivity contribution in [2.75, 3.05) is 25.0 Å². The van der Waals surface area contributed by atoms with Gasteiger partial charge in [-0.05, 0) is 31.2 Å². The Labute approximate surface area is 117 Å². The van der Waals surface area contributed by atoms with Crippen molar-refractivity contribution in [2.24, 2.45) is 0 Å². The Hall–Kier alpha value is -1.36. The zero-order valence-corrected chi connectivity index (χ0v) is 11.6. The molecule has 1 aromatic heterocycles. The van der Waals surface area contributed by atoms with Crippen LogP contribution in [-0.2, 0) is 0 Å². The van der Waals surface area contributed by atoms with Crippen molar-refractivity contribution in [1.82, 2.24) is 10.3 Å². The molecule has 1 atom stereocenters. The van der Waals surface area contributed by atoms with E-state index in [4.69, 9.17) is 16.7 Å². The number of fused-ring (bicyclic) bond motifs is 1. The number of benzene rings is 1. The van der Waals surface area contributed by atoms with Crippen LogP contribution in [0.4, 0.5) is 5.69 Å². The van der Waals surface area contributed by atoms with Gasteiger partial charge >= 0.3 is 0 Å². The molecule has 5 heteroatoms. The van der Waals surface area contributed by atoms with Gasteiger partial charge in [0.25, 0.3) is 0 Å². The first-order chi connectivity index (χ1) is 9.16. The van der Waals surface area contributed by atoms with E-state index < -0.39 is 0 Å². The molecule has 0 aliphatic rings. The maximum atomic E-state index is 9.13. The third kappa shape index (κ3) is 4.06. The summed E-state index contributed by atoms with van der Waals surface area (Å²) in [6.07, 6.45) is 1.45. The van der Waals surface area contributed by atoms with Crippen LogP contribution in [0.1, 0.15) is 6.92 Å². The molecule has 1 aromatic carbocycles. The van der Waals surface area contributed by atoms with Crippen LogP contribution in [-0.4, -0.2) is 35.8 Å². The molecule has 0 fully saturated rings. The van der Waals surface area contributed by atoms with E-state index in [1.807, 2.05) is 24.3 Å². The smallest absolute Gasteiger partial charge is 0.0737 e. The molecule has 0 bridgehead atoms. The second-order valence-electron chi connectivity index (χ2n) is 4.50. The maximum absolute atomic E-state index is 9.13. The molecule has 0 aliphatic carbocycles. The summed E-state index contributed by atoms with van der Waals surface area (Å²) in [4.78, 5) is 4.30. The maximum Gasteiger partial charge on any atom is 0.0737 e. The van der Waals surface area contributed by atoms with Crippen molar-refractivity contribution < 1.29 is 5.11 Å². The fraction of sp³-hybridized carbons (Fsp3) is 0.357. The minimum Gasteiger partial charge on any atom is -0.392 e. The topological polar surface area (TPSA) is 57.2 Å². The zero-order chi connectivity index (χ0) is 13.7. The van der Waals surface area contributed by atoms with Crippen molar-refractivity contribution in [1.29, 1.82) is 0 Å². The minimum atomic E-state index is -0.316. The molecule has 102 valence electrons. The number of aliphatic hydroxyl groups excluding tert-OH is 1. The van der Waals surface area contributed by atoms with E-state index in [9.17, 15) is 0 Å². The molecule has 0 radical (unpaired) electrons. The second-order valence-corrected chi connectivity index (χ2v) is 4.94. The predicted molar refractivity (Wildman–Crippen MR) is 79.8 cm³/mol. The van der Waals surface area contributed by atoms with Gasteiger partial charge in [-0.3, -0.25) is 4.98 Å². The minimum absolute atomic E-state index is 0.316. The molecular weight excluding hydrogens is 262 g/mol. The average Bonchev–Trinajstić information content (AvgIpc) is 2.37. The summed E-state index contributed by atoms with van der Waals surface area (Å²) in [5.74, 6) is 0. The molecule has 0 amide bonds. The Morgan fingerprint density at radius 1 is 1.32 bits per heavy atom. The first kappa shape index (κ1) is 14.1. The molecule has 1 heterocycles. The number of aliphatic hydroxyl groups is 1. The lowest BCUT2D eigenvalue weighted by Crippen LogP contribution is -2.28. The highest BCUT2D eigenvalue weighted by atomic mass is 35.5. The van der Waals surface area contributed by atoms with E-state index in [1.54, 1.807) is 13.1 Å². The molecule has 1 unspecified atom stereocenters. The number of anilines is 1. The third-order valence-electron chi connectivity index (χ3n) is 2.76. The van der Waals surface area contributed by atoms with Gasteiger partial charge in [0.1, 0.15) is 0 Å². The summed E-state index contributed by atoms with van der Waals surface area (Å²) in [6, 6.07) is 7.64. The van der Waals surface area contributed by atoms with Crippen molar-refractivity contribution in [3.8, 4) is 0 Å². The highest BCUT2D eigenvalue weighted by molar-refractivity contribution is 6.31. The summed E-state index contributed by atoms with van der Waals surface area (Å²) in [5.41, 5.74) is 1.93. The van der Waals surface area contributed by atoms with E-state index in [2.05, 4.69) is 15.6 Å².